The molecule has 12 heteroatoms. The number of aliphatic carboxylic acids is 2. The van der Waals surface area contributed by atoms with Gasteiger partial charge in [0.05, 0.1) is 25.0 Å². The minimum atomic E-state index is -2.51. The number of hydrogen-bond acceptors (Lipinski definition) is 8. The molecule has 3 unspecified atom stereocenters. The highest BCUT2D eigenvalue weighted by atomic mass is 35.5. The molecule has 0 radical (unpaired) electrons. The molecule has 1 saturated heterocycles. The normalized spacial score (nSPS) is 21.3. The molecular formula is C26H26ClN5O6. The molecule has 3 heterocycles. The van der Waals surface area contributed by atoms with E-state index >= 15 is 0 Å². The molecule has 3 atom stereocenters. The molecule has 0 bridgehead atoms. The quantitative estimate of drug-likeness (QED) is 0.224. The van der Waals surface area contributed by atoms with Gasteiger partial charge in [-0.25, -0.2) is 14.6 Å². The van der Waals surface area contributed by atoms with E-state index in [9.17, 15) is 19.8 Å². The topological polar surface area (TPSA) is 140 Å². The Hall–Kier alpha value is -3.72. The summed E-state index contributed by atoms with van der Waals surface area (Å²) in [6, 6.07) is 8.81. The molecule has 0 amide bonds. The molecule has 198 valence electrons. The predicted octanol–water partition coefficient (Wildman–Crippen LogP) is 2.78. The molecule has 1 aromatic carbocycles. The van der Waals surface area contributed by atoms with E-state index in [0.717, 1.165) is 12.8 Å². The van der Waals surface area contributed by atoms with E-state index in [4.69, 9.17) is 27.5 Å². The second kappa shape index (κ2) is 10.2. The third kappa shape index (κ3) is 4.78. The van der Waals surface area contributed by atoms with Gasteiger partial charge in [-0.1, -0.05) is 30.3 Å². The minimum Gasteiger partial charge on any atom is -0.479 e. The largest absolute Gasteiger partial charge is 0.479 e. The summed E-state index contributed by atoms with van der Waals surface area (Å²) in [6.07, 6.45) is 8.11. The van der Waals surface area contributed by atoms with Gasteiger partial charge in [0.1, 0.15) is 6.23 Å². The van der Waals surface area contributed by atoms with Crippen molar-refractivity contribution in [1.29, 1.82) is 0 Å². The fourth-order valence-corrected chi connectivity index (χ4v) is 4.88. The summed E-state index contributed by atoms with van der Waals surface area (Å²) in [5.74, 6) is -0.406. The van der Waals surface area contributed by atoms with E-state index in [0.29, 0.717) is 35.0 Å². The Morgan fingerprint density at radius 1 is 1.26 bits per heavy atom. The average Bonchev–Trinajstić information content (AvgIpc) is 3.54. The lowest BCUT2D eigenvalue weighted by molar-refractivity contribution is -0.188. The molecule has 0 spiro atoms. The Kier molecular flexibility index (Phi) is 6.96. The maximum atomic E-state index is 12.2. The number of nitrogens with zero attached hydrogens (tertiary/aromatic N) is 5. The number of carboxylic acid groups (broad SMARTS) is 2. The molecule has 11 nitrogen and oxygen atoms in total. The number of terminal acetylenes is 1. The lowest BCUT2D eigenvalue weighted by Crippen LogP contribution is -2.52. The van der Waals surface area contributed by atoms with Crippen LogP contribution >= 0.6 is 11.6 Å². The Morgan fingerprint density at radius 2 is 1.97 bits per heavy atom. The average molecular weight is 540 g/mol. The van der Waals surface area contributed by atoms with Gasteiger partial charge >= 0.3 is 11.9 Å². The summed E-state index contributed by atoms with van der Waals surface area (Å²) in [5, 5.41) is 19.8. The number of benzene rings is 1. The number of anilines is 1. The summed E-state index contributed by atoms with van der Waals surface area (Å²) >= 11 is 6.24. The maximum absolute atomic E-state index is 12.2. The lowest BCUT2D eigenvalue weighted by Gasteiger charge is -2.27. The van der Waals surface area contributed by atoms with Gasteiger partial charge in [0.2, 0.25) is 5.28 Å². The molecule has 2 aliphatic rings. The molecule has 38 heavy (non-hydrogen) atoms. The summed E-state index contributed by atoms with van der Waals surface area (Å²) < 4.78 is 13.5. The predicted molar refractivity (Wildman–Crippen MR) is 137 cm³/mol. The molecule has 1 aliphatic heterocycles. The standard InChI is InChI=1S/C26H26ClN5O6/c1-3-16-11-19(32-14-28-20-21(31(2)17-9-10-17)29-25(27)30-22(20)32)38-18(16)13-37-26(23(33)34,24(35)36)12-15-7-5-4-6-8-15/h1,4-8,14,16-19H,9-13H2,2H3,(H,33,34)(H,35,36). The van der Waals surface area contributed by atoms with E-state index < -0.39 is 35.8 Å². The van der Waals surface area contributed by atoms with Gasteiger partial charge < -0.3 is 24.6 Å². The number of imidazole rings is 1. The third-order valence-electron chi connectivity index (χ3n) is 7.05. The van der Waals surface area contributed by atoms with Gasteiger partial charge in [-0.05, 0) is 30.0 Å². The number of halogens is 1. The van der Waals surface area contributed by atoms with Crippen molar-refractivity contribution in [1.82, 2.24) is 19.5 Å². The van der Waals surface area contributed by atoms with E-state index in [-0.39, 0.29) is 18.3 Å². The van der Waals surface area contributed by atoms with E-state index in [2.05, 4.69) is 20.9 Å². The van der Waals surface area contributed by atoms with Gasteiger partial charge in [-0.15, -0.1) is 12.3 Å². The van der Waals surface area contributed by atoms with Crippen LogP contribution in [0.3, 0.4) is 0 Å². The zero-order valence-electron chi connectivity index (χ0n) is 20.5. The first-order valence-corrected chi connectivity index (χ1v) is 12.5. The van der Waals surface area contributed by atoms with Crippen LogP contribution in [0.15, 0.2) is 36.7 Å². The van der Waals surface area contributed by atoms with Crippen molar-refractivity contribution < 1.29 is 29.3 Å². The highest BCUT2D eigenvalue weighted by molar-refractivity contribution is 6.28. The fourth-order valence-electron chi connectivity index (χ4n) is 4.72. The third-order valence-corrected chi connectivity index (χ3v) is 7.21. The Balaban J connectivity index is 1.38. The van der Waals surface area contributed by atoms with Crippen LogP contribution in [0.1, 0.15) is 31.1 Å². The molecule has 2 N–H and O–H groups in total. The van der Waals surface area contributed by atoms with Gasteiger partial charge in [0.15, 0.2) is 17.0 Å². The first-order valence-electron chi connectivity index (χ1n) is 12.1. The fraction of sp³-hybridized carbons (Fsp3) is 0.423. The van der Waals surface area contributed by atoms with Crippen LogP contribution in [0, 0.1) is 18.3 Å². The monoisotopic (exact) mass is 539 g/mol. The molecule has 2 aromatic heterocycles. The van der Waals surface area contributed by atoms with Crippen molar-refractivity contribution >= 4 is 40.5 Å². The number of aromatic nitrogens is 4. The van der Waals surface area contributed by atoms with Gasteiger partial charge in [-0.2, -0.15) is 9.97 Å². The minimum absolute atomic E-state index is 0.0711. The first-order chi connectivity index (χ1) is 18.2. The highest BCUT2D eigenvalue weighted by Gasteiger charge is 2.50. The van der Waals surface area contributed by atoms with Crippen LogP contribution in [0.5, 0.6) is 0 Å². The number of fused-ring (bicyclic) bond motifs is 1. The van der Waals surface area contributed by atoms with Crippen molar-refractivity contribution in [2.24, 2.45) is 5.92 Å². The van der Waals surface area contributed by atoms with Crippen LogP contribution < -0.4 is 4.90 Å². The summed E-state index contributed by atoms with van der Waals surface area (Å²) in [7, 11) is 1.94. The SMILES string of the molecule is C#CC1CC(n2cnc3c(N(C)C4CC4)nc(Cl)nc32)OC1COC(Cc1ccccc1)(C(=O)O)C(=O)O. The lowest BCUT2D eigenvalue weighted by atomic mass is 9.94. The molecule has 3 aromatic rings. The van der Waals surface area contributed by atoms with Crippen LogP contribution in [0.4, 0.5) is 5.82 Å². The zero-order valence-corrected chi connectivity index (χ0v) is 21.3. The van der Waals surface area contributed by atoms with Crippen molar-refractivity contribution in [2.45, 2.75) is 49.7 Å². The van der Waals surface area contributed by atoms with Crippen molar-refractivity contribution in [2.75, 3.05) is 18.6 Å². The Labute approximate surface area is 223 Å². The number of hydrogen-bond donors (Lipinski definition) is 2. The number of rotatable bonds is 10. The first kappa shape index (κ1) is 25.9. The smallest absolute Gasteiger partial charge is 0.348 e. The molecule has 2 fully saturated rings. The van der Waals surface area contributed by atoms with Crippen LogP contribution in [0.25, 0.3) is 11.2 Å². The molecular weight excluding hydrogens is 514 g/mol. The van der Waals surface area contributed by atoms with E-state index in [1.807, 2.05) is 11.9 Å². The van der Waals surface area contributed by atoms with Gasteiger partial charge in [0.25, 0.3) is 5.60 Å². The van der Waals surface area contributed by atoms with Gasteiger partial charge in [-0.3, -0.25) is 4.57 Å². The molecule has 5 rings (SSSR count). The van der Waals surface area contributed by atoms with Crippen LogP contribution in [-0.4, -0.2) is 73.1 Å². The molecule has 1 saturated carbocycles. The Morgan fingerprint density at radius 3 is 2.61 bits per heavy atom. The van der Waals surface area contributed by atoms with Crippen molar-refractivity contribution in [3.63, 3.8) is 0 Å². The number of carbonyl (C=O) groups is 2. The highest BCUT2D eigenvalue weighted by Crippen LogP contribution is 2.38. The maximum Gasteiger partial charge on any atom is 0.348 e. The van der Waals surface area contributed by atoms with Crippen LogP contribution in [0.2, 0.25) is 5.28 Å². The van der Waals surface area contributed by atoms with Gasteiger partial charge in [0, 0.05) is 25.9 Å². The summed E-state index contributed by atoms with van der Waals surface area (Å²) in [6.45, 7) is -0.338. The van der Waals surface area contributed by atoms with E-state index in [1.165, 1.54) is 0 Å². The number of ether oxygens (including phenoxy) is 2. The summed E-state index contributed by atoms with van der Waals surface area (Å²) in [5.41, 5.74) is -0.955. The van der Waals surface area contributed by atoms with E-state index in [1.54, 1.807) is 41.2 Å². The summed E-state index contributed by atoms with van der Waals surface area (Å²) in [4.78, 5) is 39.6. The Bertz CT molecular complexity index is 1390. The van der Waals surface area contributed by atoms with Crippen LogP contribution in [-0.2, 0) is 25.5 Å². The number of carboxylic acids is 2. The molecule has 1 aliphatic carbocycles. The van der Waals surface area contributed by atoms with Crippen molar-refractivity contribution in [3.05, 3.63) is 47.5 Å². The second-order valence-electron chi connectivity index (χ2n) is 9.53. The second-order valence-corrected chi connectivity index (χ2v) is 9.87. The zero-order chi connectivity index (χ0) is 27.0. The van der Waals surface area contributed by atoms with Crippen molar-refractivity contribution in [3.8, 4) is 12.3 Å².